The lowest BCUT2D eigenvalue weighted by Gasteiger charge is -2.15. The van der Waals surface area contributed by atoms with E-state index in [1.54, 1.807) is 13.3 Å². The summed E-state index contributed by atoms with van der Waals surface area (Å²) in [5, 5.41) is 3.41. The molecular formula is C16H28N2O3. The van der Waals surface area contributed by atoms with E-state index in [1.807, 2.05) is 12.1 Å². The van der Waals surface area contributed by atoms with E-state index < -0.39 is 0 Å². The molecule has 0 saturated carbocycles. The number of nitrogens with one attached hydrogen (secondary N) is 1. The second kappa shape index (κ2) is 11.5. The molecule has 0 amide bonds. The number of ether oxygens (including phenoxy) is 3. The van der Waals surface area contributed by atoms with Gasteiger partial charge in [-0.1, -0.05) is 13.8 Å². The molecule has 1 heterocycles. The summed E-state index contributed by atoms with van der Waals surface area (Å²) in [6.07, 6.45) is 3.68. The molecular weight excluding hydrogens is 268 g/mol. The average Bonchev–Trinajstić information content (AvgIpc) is 2.52. The van der Waals surface area contributed by atoms with Gasteiger partial charge >= 0.3 is 0 Å². The van der Waals surface area contributed by atoms with Crippen LogP contribution in [0.2, 0.25) is 0 Å². The fourth-order valence-corrected chi connectivity index (χ4v) is 1.98. The van der Waals surface area contributed by atoms with Gasteiger partial charge in [-0.25, -0.2) is 0 Å². The Morgan fingerprint density at radius 1 is 1.14 bits per heavy atom. The van der Waals surface area contributed by atoms with Crippen molar-refractivity contribution in [1.82, 2.24) is 10.3 Å². The molecule has 0 aliphatic heterocycles. The predicted octanol–water partition coefficient (Wildman–Crippen LogP) is 2.57. The smallest absolute Gasteiger partial charge is 0.137 e. The maximum absolute atomic E-state index is 5.65. The predicted molar refractivity (Wildman–Crippen MR) is 83.8 cm³/mol. The highest BCUT2D eigenvalue weighted by atomic mass is 16.5. The summed E-state index contributed by atoms with van der Waals surface area (Å²) in [6, 6.07) is 4.33. The highest BCUT2D eigenvalue weighted by molar-refractivity contribution is 5.21. The third kappa shape index (κ3) is 7.41. The van der Waals surface area contributed by atoms with Crippen molar-refractivity contribution in [2.24, 2.45) is 0 Å². The molecule has 0 aliphatic carbocycles. The molecule has 1 unspecified atom stereocenters. The van der Waals surface area contributed by atoms with E-state index in [2.05, 4.69) is 24.1 Å². The first-order valence-electron chi connectivity index (χ1n) is 7.70. The second-order valence-electron chi connectivity index (χ2n) is 4.74. The minimum absolute atomic E-state index is 0.318. The van der Waals surface area contributed by atoms with Crippen molar-refractivity contribution in [2.75, 3.05) is 40.1 Å². The van der Waals surface area contributed by atoms with Crippen molar-refractivity contribution in [3.8, 4) is 5.75 Å². The van der Waals surface area contributed by atoms with Gasteiger partial charge < -0.3 is 19.5 Å². The Bertz CT molecular complexity index is 357. The average molecular weight is 296 g/mol. The molecule has 1 rings (SSSR count). The normalized spacial score (nSPS) is 12.3. The summed E-state index contributed by atoms with van der Waals surface area (Å²) < 4.78 is 15.9. The Labute approximate surface area is 128 Å². The lowest BCUT2D eigenvalue weighted by Crippen LogP contribution is -2.20. The van der Waals surface area contributed by atoms with Crippen LogP contribution in [-0.2, 0) is 9.47 Å². The Kier molecular flexibility index (Phi) is 9.78. The molecule has 1 N–H and O–H groups in total. The quantitative estimate of drug-likeness (QED) is 0.601. The maximum atomic E-state index is 5.65. The molecule has 0 aliphatic rings. The molecule has 0 fully saturated rings. The number of hydrogen-bond donors (Lipinski definition) is 1. The monoisotopic (exact) mass is 296 g/mol. The Balaban J connectivity index is 2.24. The summed E-state index contributed by atoms with van der Waals surface area (Å²) in [5.74, 6) is 0.807. The van der Waals surface area contributed by atoms with Crippen LogP contribution in [0.15, 0.2) is 18.3 Å². The van der Waals surface area contributed by atoms with Crippen LogP contribution in [0.5, 0.6) is 5.75 Å². The fraction of sp³-hybridized carbons (Fsp3) is 0.688. The summed E-state index contributed by atoms with van der Waals surface area (Å²) in [4.78, 5) is 4.47. The van der Waals surface area contributed by atoms with Gasteiger partial charge in [0.1, 0.15) is 5.75 Å². The molecule has 120 valence electrons. The van der Waals surface area contributed by atoms with E-state index in [0.717, 1.165) is 30.8 Å². The number of rotatable bonds is 12. The zero-order valence-corrected chi connectivity index (χ0v) is 13.4. The molecule has 0 saturated heterocycles. The molecule has 1 aromatic heterocycles. The van der Waals surface area contributed by atoms with Crippen LogP contribution in [0.1, 0.15) is 38.4 Å². The highest BCUT2D eigenvalue weighted by Gasteiger charge is 2.08. The minimum atomic E-state index is 0.318. The van der Waals surface area contributed by atoms with E-state index in [-0.39, 0.29) is 0 Å². The Morgan fingerprint density at radius 3 is 2.62 bits per heavy atom. The second-order valence-corrected chi connectivity index (χ2v) is 4.74. The largest absolute Gasteiger partial charge is 0.492 e. The third-order valence-corrected chi connectivity index (χ3v) is 3.11. The van der Waals surface area contributed by atoms with Crippen molar-refractivity contribution in [1.29, 1.82) is 0 Å². The van der Waals surface area contributed by atoms with Crippen LogP contribution in [0.25, 0.3) is 0 Å². The van der Waals surface area contributed by atoms with Crippen molar-refractivity contribution >= 4 is 0 Å². The van der Waals surface area contributed by atoms with Crippen molar-refractivity contribution < 1.29 is 14.2 Å². The van der Waals surface area contributed by atoms with Gasteiger partial charge in [-0.2, -0.15) is 0 Å². The maximum Gasteiger partial charge on any atom is 0.137 e. The number of aromatic nitrogens is 1. The summed E-state index contributed by atoms with van der Waals surface area (Å²) >= 11 is 0. The highest BCUT2D eigenvalue weighted by Crippen LogP contribution is 2.17. The first-order valence-corrected chi connectivity index (χ1v) is 7.70. The number of pyridine rings is 1. The summed E-state index contributed by atoms with van der Waals surface area (Å²) in [7, 11) is 1.67. The van der Waals surface area contributed by atoms with E-state index in [4.69, 9.17) is 14.2 Å². The molecule has 0 bridgehead atoms. The standard InChI is InChI=1S/C16H28N2O3/c1-4-15(17-5-2)16-8-7-14(13-18-16)21-10-6-9-20-12-11-19-3/h7-8,13,15,17H,4-6,9-12H2,1-3H3. The van der Waals surface area contributed by atoms with Gasteiger partial charge in [-0.15, -0.1) is 0 Å². The van der Waals surface area contributed by atoms with Crippen LogP contribution in [0, 0.1) is 0 Å². The third-order valence-electron chi connectivity index (χ3n) is 3.11. The summed E-state index contributed by atoms with van der Waals surface area (Å²) in [5.41, 5.74) is 1.06. The molecule has 21 heavy (non-hydrogen) atoms. The van der Waals surface area contributed by atoms with Gasteiger partial charge in [0.25, 0.3) is 0 Å². The van der Waals surface area contributed by atoms with Gasteiger partial charge in [0.05, 0.1) is 31.7 Å². The Hall–Kier alpha value is -1.17. The fourth-order valence-electron chi connectivity index (χ4n) is 1.98. The summed E-state index contributed by atoms with van der Waals surface area (Å²) in [6.45, 7) is 7.80. The zero-order valence-electron chi connectivity index (χ0n) is 13.4. The van der Waals surface area contributed by atoms with Gasteiger partial charge in [-0.05, 0) is 25.1 Å². The molecule has 0 aromatic carbocycles. The molecule has 5 nitrogen and oxygen atoms in total. The van der Waals surface area contributed by atoms with Crippen LogP contribution < -0.4 is 10.1 Å². The SMILES string of the molecule is CCNC(CC)c1ccc(OCCCOCCOC)cn1. The van der Waals surface area contributed by atoms with Crippen LogP contribution in [-0.4, -0.2) is 45.1 Å². The lowest BCUT2D eigenvalue weighted by atomic mass is 10.1. The van der Waals surface area contributed by atoms with Gasteiger partial charge in [0.15, 0.2) is 0 Å². The molecule has 0 radical (unpaired) electrons. The number of hydrogen-bond acceptors (Lipinski definition) is 5. The van der Waals surface area contributed by atoms with Gasteiger partial charge in [0.2, 0.25) is 0 Å². The van der Waals surface area contributed by atoms with E-state index in [9.17, 15) is 0 Å². The van der Waals surface area contributed by atoms with Crippen LogP contribution in [0.4, 0.5) is 0 Å². The molecule has 5 heteroatoms. The van der Waals surface area contributed by atoms with Gasteiger partial charge in [-0.3, -0.25) is 4.98 Å². The topological polar surface area (TPSA) is 52.6 Å². The molecule has 1 atom stereocenters. The van der Waals surface area contributed by atoms with Gasteiger partial charge in [0, 0.05) is 26.2 Å². The zero-order chi connectivity index (χ0) is 15.3. The Morgan fingerprint density at radius 2 is 2.00 bits per heavy atom. The minimum Gasteiger partial charge on any atom is -0.492 e. The molecule has 0 spiro atoms. The number of nitrogens with zero attached hydrogens (tertiary/aromatic N) is 1. The van der Waals surface area contributed by atoms with E-state index in [1.165, 1.54) is 0 Å². The van der Waals surface area contributed by atoms with E-state index >= 15 is 0 Å². The van der Waals surface area contributed by atoms with Crippen LogP contribution >= 0.6 is 0 Å². The first-order chi connectivity index (χ1) is 10.3. The van der Waals surface area contributed by atoms with Crippen molar-refractivity contribution in [3.05, 3.63) is 24.0 Å². The molecule has 1 aromatic rings. The lowest BCUT2D eigenvalue weighted by molar-refractivity contribution is 0.0644. The first kappa shape index (κ1) is 17.9. The van der Waals surface area contributed by atoms with E-state index in [0.29, 0.717) is 32.5 Å². The van der Waals surface area contributed by atoms with Crippen molar-refractivity contribution in [2.45, 2.75) is 32.7 Å². The van der Waals surface area contributed by atoms with Crippen LogP contribution in [0.3, 0.4) is 0 Å². The number of methoxy groups -OCH3 is 1. The van der Waals surface area contributed by atoms with Crippen molar-refractivity contribution in [3.63, 3.8) is 0 Å².